The summed E-state index contributed by atoms with van der Waals surface area (Å²) in [4.78, 5) is 51.1. The van der Waals surface area contributed by atoms with Gasteiger partial charge in [-0.05, 0) is 31.0 Å². The number of nitrogens with one attached hydrogen (secondary N) is 4. The molecule has 4 saturated heterocycles. The van der Waals surface area contributed by atoms with Gasteiger partial charge in [0.05, 0.1) is 33.0 Å². The van der Waals surface area contributed by atoms with Crippen LogP contribution in [-0.2, 0) is 62.1 Å². The molecule has 0 saturated carbocycles. The van der Waals surface area contributed by atoms with Crippen molar-refractivity contribution in [2.24, 2.45) is 0 Å². The second-order valence-corrected chi connectivity index (χ2v) is 20.1. The van der Waals surface area contributed by atoms with Crippen LogP contribution in [0.1, 0.15) is 83.0 Å². The second kappa shape index (κ2) is 30.5. The van der Waals surface area contributed by atoms with E-state index in [0.29, 0.717) is 25.2 Å². The zero-order valence-electron chi connectivity index (χ0n) is 43.3. The van der Waals surface area contributed by atoms with Gasteiger partial charge in [-0.3, -0.25) is 23.7 Å². The quantitative estimate of drug-likeness (QED) is 0.0248. The molecule has 0 aliphatic carbocycles. The van der Waals surface area contributed by atoms with Gasteiger partial charge in [-0.25, -0.2) is 4.18 Å². The maximum Gasteiger partial charge on any atom is 0.397 e. The topological polar surface area (TPSA) is 436 Å². The number of amides is 4. The molecule has 4 aliphatic heterocycles. The Morgan fingerprint density at radius 2 is 1.06 bits per heavy atom. The van der Waals surface area contributed by atoms with Gasteiger partial charge in [0.2, 0.25) is 17.7 Å². The summed E-state index contributed by atoms with van der Waals surface area (Å²) in [6.07, 6.45) is -23.1. The summed E-state index contributed by atoms with van der Waals surface area (Å²) in [7, 11) is -5.16. The molecule has 4 aliphatic rings. The molecule has 0 spiro atoms. The first-order chi connectivity index (χ1) is 37.0. The highest BCUT2D eigenvalue weighted by Gasteiger charge is 2.56. The Kier molecular flexibility index (Phi) is 25.2. The number of carbonyl (C=O) groups excluding carboxylic acids is 4. The first-order valence-electron chi connectivity index (χ1n) is 25.4. The van der Waals surface area contributed by atoms with E-state index in [1.807, 2.05) is 0 Å². The van der Waals surface area contributed by atoms with E-state index in [1.165, 1.54) is 18.6 Å². The van der Waals surface area contributed by atoms with Gasteiger partial charge in [0.25, 0.3) is 5.91 Å². The van der Waals surface area contributed by atoms with Gasteiger partial charge >= 0.3 is 10.4 Å². The number of carbonyl (C=O) groups is 4. The molecule has 1 aromatic carbocycles. The molecule has 4 amide bonds. The number of rotatable bonds is 25. The predicted molar refractivity (Wildman–Crippen MR) is 262 cm³/mol. The van der Waals surface area contributed by atoms with E-state index < -0.39 is 183 Å². The van der Waals surface area contributed by atoms with Crippen LogP contribution in [-0.4, -0.2) is 238 Å². The minimum Gasteiger partial charge on any atom is -0.494 e. The first-order valence-corrected chi connectivity index (χ1v) is 26.8. The largest absolute Gasteiger partial charge is 0.494 e. The van der Waals surface area contributed by atoms with Gasteiger partial charge in [0, 0.05) is 39.2 Å². The number of unbranched alkanes of at least 4 members (excludes halogenated alkanes) is 5. The Hall–Kier alpha value is -4.31. The fourth-order valence-electron chi connectivity index (χ4n) is 9.21. The SMILES string of the molecule is CCCCCCC#CCCCOc1cccc(C(=O)NC2[C@H](O[C@H]3C(O)C(NC(C)=O)[C@H](O[C@@H]4C(CO)O[C@@H](O[C@H]5C(O)C(NC(C)=O)C(O)O[C@H]5COS(=O)(=O)O)C(NC(C)=O)[C@H]4O)O[C@H]3CO)OC(CO)[C@@H](O)[C@@H]2O)c1. The fourth-order valence-corrected chi connectivity index (χ4v) is 9.51. The molecule has 14 N–H and O–H groups in total. The van der Waals surface area contributed by atoms with E-state index in [-0.39, 0.29) is 5.56 Å². The number of aliphatic hydroxyl groups excluding tert-OH is 9. The third kappa shape index (κ3) is 17.8. The summed E-state index contributed by atoms with van der Waals surface area (Å²) in [5.41, 5.74) is 0.0447. The van der Waals surface area contributed by atoms with Crippen molar-refractivity contribution >= 4 is 34.0 Å². The fraction of sp³-hybridized carbons (Fsp3) is 0.750. The van der Waals surface area contributed by atoms with E-state index in [1.54, 1.807) is 12.1 Å². The lowest BCUT2D eigenvalue weighted by molar-refractivity contribution is -0.361. The van der Waals surface area contributed by atoms with Crippen LogP contribution < -0.4 is 26.0 Å². The summed E-state index contributed by atoms with van der Waals surface area (Å²) in [6.45, 7) is 1.51. The van der Waals surface area contributed by atoms with Gasteiger partial charge in [-0.15, -0.1) is 11.8 Å². The summed E-state index contributed by atoms with van der Waals surface area (Å²) in [6, 6.07) is -0.745. The molecule has 1 aromatic rings. The summed E-state index contributed by atoms with van der Waals surface area (Å²) >= 11 is 0. The Bertz CT molecular complexity index is 2280. The molecular weight excluding hydrogens is 1060 g/mol. The van der Waals surface area contributed by atoms with Gasteiger partial charge in [0.15, 0.2) is 25.2 Å². The van der Waals surface area contributed by atoms with Crippen molar-refractivity contribution in [3.8, 4) is 17.6 Å². The average molecular weight is 1140 g/mol. The minimum absolute atomic E-state index is 0.0447. The third-order valence-electron chi connectivity index (χ3n) is 13.0. The zero-order valence-corrected chi connectivity index (χ0v) is 44.2. The van der Waals surface area contributed by atoms with Crippen LogP contribution in [0.3, 0.4) is 0 Å². The molecule has 20 atom stereocenters. The van der Waals surface area contributed by atoms with Crippen LogP contribution in [0.2, 0.25) is 0 Å². The molecule has 4 fully saturated rings. The standard InChI is InChI=1S/C48H74N4O25S/c1-5-6-7-8-9-10-11-12-13-17-69-27-16-14-15-26(18-27)44(64)52-33-37(60)36(59)28(19-53)72-46(33)75-41-29(20-54)73-47(34(39(41)62)50-24(3)57)76-42-30(21-55)74-48(35(40(42)63)51-25(4)58)77-43-31(22-70-78(66,67)68)71-45(65)32(38(43)61)49-23(2)56/h14-16,18,28-43,45-48,53-55,59-63,65H,5-9,12-13,17,19-22H2,1-4H3,(H,49,56)(H,50,57)(H,51,58)(H,52,64)(H,66,67,68)/t28?,29-,30?,31-,32?,33?,34?,35?,36+,37+,38?,39?,40+,41+,42+,43+,45?,46-,47-,48-/m0/s1. The number of benzene rings is 1. The van der Waals surface area contributed by atoms with E-state index in [0.717, 1.165) is 46.5 Å². The number of aliphatic hydroxyl groups is 9. The smallest absolute Gasteiger partial charge is 0.397 e. The van der Waals surface area contributed by atoms with Gasteiger partial charge in [-0.2, -0.15) is 8.42 Å². The molecule has 9 unspecified atom stereocenters. The highest BCUT2D eigenvalue weighted by Crippen LogP contribution is 2.35. The Balaban J connectivity index is 1.35. The maximum absolute atomic E-state index is 13.8. The van der Waals surface area contributed by atoms with Gasteiger partial charge in [-0.1, -0.05) is 32.3 Å². The van der Waals surface area contributed by atoms with Crippen molar-refractivity contribution in [2.45, 2.75) is 195 Å². The first kappa shape index (κ1) is 64.5. The third-order valence-corrected chi connectivity index (χ3v) is 13.5. The van der Waals surface area contributed by atoms with Crippen molar-refractivity contribution in [3.05, 3.63) is 29.8 Å². The van der Waals surface area contributed by atoms with Crippen molar-refractivity contribution in [2.75, 3.05) is 33.0 Å². The molecule has 0 bridgehead atoms. The molecule has 29 nitrogen and oxygen atoms in total. The van der Waals surface area contributed by atoms with E-state index in [4.69, 9.17) is 37.9 Å². The summed E-state index contributed by atoms with van der Waals surface area (Å²) < 4.78 is 83.8. The molecule has 0 radical (unpaired) electrons. The van der Waals surface area contributed by atoms with Crippen molar-refractivity contribution in [1.29, 1.82) is 0 Å². The monoisotopic (exact) mass is 1140 g/mol. The lowest BCUT2D eigenvalue weighted by atomic mass is 9.93. The summed E-state index contributed by atoms with van der Waals surface area (Å²) in [5.74, 6) is 3.39. The Morgan fingerprint density at radius 3 is 1.56 bits per heavy atom. The molecule has 78 heavy (non-hydrogen) atoms. The summed E-state index contributed by atoms with van der Waals surface area (Å²) in [5, 5.41) is 109. The molecular formula is C48H74N4O25S. The highest BCUT2D eigenvalue weighted by atomic mass is 32.3. The number of ether oxygens (including phenoxy) is 8. The molecule has 30 heteroatoms. The van der Waals surface area contributed by atoms with Crippen LogP contribution in [0.15, 0.2) is 24.3 Å². The van der Waals surface area contributed by atoms with Crippen LogP contribution in [0.5, 0.6) is 5.75 Å². The lowest BCUT2D eigenvalue weighted by Gasteiger charge is -2.51. The van der Waals surface area contributed by atoms with Crippen LogP contribution in [0.25, 0.3) is 0 Å². The normalized spacial score (nSPS) is 35.1. The molecule has 5 rings (SSSR count). The Labute approximate surface area is 450 Å². The van der Waals surface area contributed by atoms with Crippen molar-refractivity contribution in [1.82, 2.24) is 21.3 Å². The number of hydrogen-bond donors (Lipinski definition) is 14. The van der Waals surface area contributed by atoms with Crippen LogP contribution in [0.4, 0.5) is 0 Å². The highest BCUT2D eigenvalue weighted by molar-refractivity contribution is 7.80. The van der Waals surface area contributed by atoms with Crippen LogP contribution >= 0.6 is 0 Å². The molecule has 442 valence electrons. The van der Waals surface area contributed by atoms with Crippen molar-refractivity contribution < 1.29 is 120 Å². The average Bonchev–Trinajstić information content (AvgIpc) is 3.47. The molecule has 0 aromatic heterocycles. The van der Waals surface area contributed by atoms with E-state index in [2.05, 4.69) is 44.2 Å². The van der Waals surface area contributed by atoms with Gasteiger partial charge in [0.1, 0.15) is 103 Å². The predicted octanol–water partition coefficient (Wildman–Crippen LogP) is -4.92. The van der Waals surface area contributed by atoms with Crippen molar-refractivity contribution in [3.63, 3.8) is 0 Å². The van der Waals surface area contributed by atoms with Crippen LogP contribution in [0, 0.1) is 11.8 Å². The lowest BCUT2D eigenvalue weighted by Crippen LogP contribution is -2.71. The minimum atomic E-state index is -5.16. The Morgan fingerprint density at radius 1 is 0.590 bits per heavy atom. The van der Waals surface area contributed by atoms with Gasteiger partial charge < -0.3 is 105 Å². The second-order valence-electron chi connectivity index (χ2n) is 19.0. The zero-order chi connectivity index (χ0) is 57.4. The molecule has 4 heterocycles. The van der Waals surface area contributed by atoms with E-state index in [9.17, 15) is 78.1 Å². The number of hydrogen-bond acceptors (Lipinski definition) is 24. The maximum atomic E-state index is 13.8. The van der Waals surface area contributed by atoms with E-state index >= 15 is 0 Å².